The highest BCUT2D eigenvalue weighted by Gasteiger charge is 2.53. The fourth-order valence-corrected chi connectivity index (χ4v) is 6.52. The zero-order valence-electron chi connectivity index (χ0n) is 28.5. The minimum Gasteiger partial charge on any atom is -0.508 e. The lowest BCUT2D eigenvalue weighted by Crippen LogP contribution is -2.47. The van der Waals surface area contributed by atoms with Gasteiger partial charge in [0.1, 0.15) is 43.2 Å². The largest absolute Gasteiger partial charge is 0.508 e. The number of halogens is 5. The van der Waals surface area contributed by atoms with E-state index in [0.29, 0.717) is 12.1 Å². The molecule has 2 aromatic carbocycles. The van der Waals surface area contributed by atoms with Gasteiger partial charge in [-0.05, 0) is 78.4 Å². The Hall–Kier alpha value is -3.89. The third-order valence-corrected chi connectivity index (χ3v) is 9.13. The molecule has 2 aliphatic heterocycles. The van der Waals surface area contributed by atoms with Crippen molar-refractivity contribution in [2.75, 3.05) is 28.9 Å². The molecule has 4 heterocycles. The van der Waals surface area contributed by atoms with Crippen molar-refractivity contribution in [1.29, 1.82) is 0 Å². The molecule has 2 aromatic heterocycles. The second-order valence-corrected chi connectivity index (χ2v) is 13.5. The number of phenolic OH excluding ortho intramolecular Hbond substituents is 1. The first-order valence-electron chi connectivity index (χ1n) is 15.3. The molecular formula is C35H33Cl4IN6O6. The highest BCUT2D eigenvalue weighted by atomic mass is 127. The second-order valence-electron chi connectivity index (χ2n) is 12.0. The molecule has 2 saturated heterocycles. The Balaban J connectivity index is 0.000000223. The molecule has 17 heteroatoms. The molecule has 0 radical (unpaired) electrons. The molecule has 0 bridgehead atoms. The van der Waals surface area contributed by atoms with E-state index in [4.69, 9.17) is 51.1 Å². The number of hydrogen-bond acceptors (Lipinski definition) is 8. The summed E-state index contributed by atoms with van der Waals surface area (Å²) in [5.74, 6) is 0.0928. The number of carbonyl (C=O) groups is 4. The topological polar surface area (TPSA) is 145 Å². The van der Waals surface area contributed by atoms with Gasteiger partial charge in [0.25, 0.3) is 11.8 Å². The number of methoxy groups -OCH3 is 1. The van der Waals surface area contributed by atoms with Crippen LogP contribution in [0, 0.1) is 0 Å². The Labute approximate surface area is 334 Å². The monoisotopic (exact) mass is 900 g/mol. The smallest absolute Gasteiger partial charge is 0.332 e. The maximum atomic E-state index is 13.1. The average molecular weight is 902 g/mol. The first-order chi connectivity index (χ1) is 24.5. The van der Waals surface area contributed by atoms with Gasteiger partial charge in [-0.2, -0.15) is 0 Å². The highest BCUT2D eigenvalue weighted by Crippen LogP contribution is 2.35. The van der Waals surface area contributed by atoms with Gasteiger partial charge in [-0.25, -0.2) is 29.4 Å². The number of aromatic hydroxyl groups is 1. The van der Waals surface area contributed by atoms with Crippen LogP contribution in [0.4, 0.5) is 21.0 Å². The number of likely N-dealkylation sites (N-methyl/N-ethyl adjacent to an activating group) is 1. The van der Waals surface area contributed by atoms with Crippen molar-refractivity contribution in [1.82, 2.24) is 20.2 Å². The Kier molecular flexibility index (Phi) is 13.2. The molecule has 52 heavy (non-hydrogen) atoms. The van der Waals surface area contributed by atoms with Crippen molar-refractivity contribution < 1.29 is 29.0 Å². The van der Waals surface area contributed by atoms with Crippen LogP contribution in [0.5, 0.6) is 11.5 Å². The van der Waals surface area contributed by atoms with Gasteiger partial charge in [0.05, 0.1) is 18.5 Å². The molecule has 0 saturated carbocycles. The van der Waals surface area contributed by atoms with Gasteiger partial charge < -0.3 is 20.1 Å². The summed E-state index contributed by atoms with van der Waals surface area (Å²) in [6, 6.07) is 18.5. The van der Waals surface area contributed by atoms with Gasteiger partial charge in [0.2, 0.25) is 0 Å². The predicted octanol–water partition coefficient (Wildman–Crippen LogP) is 8.00. The summed E-state index contributed by atoms with van der Waals surface area (Å²) in [4.78, 5) is 64.2. The number of rotatable bonds is 7. The summed E-state index contributed by atoms with van der Waals surface area (Å²) >= 11 is 25.7. The van der Waals surface area contributed by atoms with E-state index < -0.39 is 29.0 Å². The lowest BCUT2D eigenvalue weighted by Gasteiger charge is -2.28. The molecule has 2 fully saturated rings. The van der Waals surface area contributed by atoms with Crippen LogP contribution >= 0.6 is 69.0 Å². The van der Waals surface area contributed by atoms with E-state index in [0.717, 1.165) is 26.7 Å². The maximum absolute atomic E-state index is 13.1. The number of imide groups is 2. The second kappa shape index (κ2) is 16.8. The van der Waals surface area contributed by atoms with Crippen molar-refractivity contribution in [3.8, 4) is 11.5 Å². The third-order valence-electron chi connectivity index (χ3n) is 8.36. The molecule has 2 unspecified atom stereocenters. The maximum Gasteiger partial charge on any atom is 0.332 e. The Morgan fingerprint density at radius 3 is 1.65 bits per heavy atom. The fourth-order valence-electron chi connectivity index (χ4n) is 5.62. The van der Waals surface area contributed by atoms with E-state index in [2.05, 4.69) is 37.9 Å². The summed E-state index contributed by atoms with van der Waals surface area (Å²) in [5, 5.41) is 12.4. The number of alkyl halides is 1. The fraction of sp³-hybridized carbons (Fsp3) is 0.257. The summed E-state index contributed by atoms with van der Waals surface area (Å²) in [7, 11) is 3.19. The minimum atomic E-state index is -1.11. The van der Waals surface area contributed by atoms with Crippen LogP contribution in [0.15, 0.2) is 72.8 Å². The zero-order chi connectivity index (χ0) is 38.5. The number of ether oxygens (including phenoxy) is 1. The molecule has 12 nitrogen and oxygen atoms in total. The SMILES string of the molecule is CC1(Cc2ccc(O)cc2)NC(=O)N(c2cc(Cl)nc(Cl)c2)C1=O.CI.COc1ccc(CC2(C)C(=O)N(c3cc(Cl)nc(Cl)c3)C(=O)N2C)cc1. The van der Waals surface area contributed by atoms with Gasteiger partial charge in [0, 0.05) is 19.9 Å². The van der Waals surface area contributed by atoms with Crippen molar-refractivity contribution in [2.24, 2.45) is 0 Å². The molecule has 2 N–H and O–H groups in total. The Morgan fingerprint density at radius 1 is 0.731 bits per heavy atom. The van der Waals surface area contributed by atoms with E-state index in [9.17, 15) is 24.3 Å². The van der Waals surface area contributed by atoms with E-state index >= 15 is 0 Å². The van der Waals surface area contributed by atoms with E-state index in [1.807, 2.05) is 29.2 Å². The van der Waals surface area contributed by atoms with Crippen LogP contribution < -0.4 is 19.9 Å². The van der Waals surface area contributed by atoms with Gasteiger partial charge in [-0.15, -0.1) is 0 Å². The quantitative estimate of drug-likeness (QED) is 0.0822. The number of nitrogens with one attached hydrogen (secondary N) is 1. The molecule has 2 aliphatic rings. The summed E-state index contributed by atoms with van der Waals surface area (Å²) in [6.07, 6.45) is 0.641. The number of aromatic nitrogens is 2. The number of hydrogen-bond donors (Lipinski definition) is 2. The number of pyridine rings is 2. The summed E-state index contributed by atoms with van der Waals surface area (Å²) in [6.45, 7) is 3.38. The van der Waals surface area contributed by atoms with E-state index in [1.54, 1.807) is 40.1 Å². The third kappa shape index (κ3) is 8.83. The van der Waals surface area contributed by atoms with Crippen LogP contribution in [-0.2, 0) is 22.4 Å². The average Bonchev–Trinajstić information content (AvgIpc) is 3.41. The van der Waals surface area contributed by atoms with E-state index in [-0.39, 0.29) is 44.4 Å². The molecule has 6 amide bonds. The Bertz CT molecular complexity index is 1950. The van der Waals surface area contributed by atoms with Crippen LogP contribution in [0.1, 0.15) is 25.0 Å². The van der Waals surface area contributed by atoms with Crippen molar-refractivity contribution in [3.63, 3.8) is 0 Å². The van der Waals surface area contributed by atoms with Gasteiger partial charge in [0.15, 0.2) is 0 Å². The first kappa shape index (κ1) is 40.9. The number of benzene rings is 2. The first-order valence-corrected chi connectivity index (χ1v) is 19.0. The number of urea groups is 2. The van der Waals surface area contributed by atoms with Crippen molar-refractivity contribution >= 4 is 104 Å². The van der Waals surface area contributed by atoms with E-state index in [1.165, 1.54) is 41.3 Å². The van der Waals surface area contributed by atoms with Gasteiger partial charge >= 0.3 is 12.1 Å². The van der Waals surface area contributed by atoms with Gasteiger partial charge in [-0.3, -0.25) is 9.59 Å². The number of anilines is 2. The number of nitrogens with zero attached hydrogens (tertiary/aromatic N) is 5. The van der Waals surface area contributed by atoms with Crippen LogP contribution in [0.3, 0.4) is 0 Å². The minimum absolute atomic E-state index is 0.0882. The van der Waals surface area contributed by atoms with Crippen LogP contribution in [0.25, 0.3) is 0 Å². The molecule has 4 aromatic rings. The predicted molar refractivity (Wildman–Crippen MR) is 210 cm³/mol. The van der Waals surface area contributed by atoms with Crippen molar-refractivity contribution in [2.45, 2.75) is 37.8 Å². The van der Waals surface area contributed by atoms with Crippen molar-refractivity contribution in [3.05, 3.63) is 105 Å². The molecule has 274 valence electrons. The standard InChI is InChI=1S/C18H17Cl2N3O3.C16H13Cl2N3O3.CH3I/c1-18(10-11-4-6-13(26-3)7-5-11)16(24)23(17(25)22(18)2)12-8-14(19)21-15(20)9-12;1-16(8-9-2-4-11(22)5-3-9)14(23)21(15(24)20-16)10-6-12(17)19-13(18)7-10;1-2/h4-9H,10H2,1-3H3;2-7,22H,8H2,1H3,(H,20,24);1H3. The normalized spacial score (nSPS) is 19.5. The summed E-state index contributed by atoms with van der Waals surface area (Å²) in [5.41, 5.74) is 0.127. The summed E-state index contributed by atoms with van der Waals surface area (Å²) < 4.78 is 5.15. The lowest BCUT2D eigenvalue weighted by atomic mass is 9.91. The molecule has 6 rings (SSSR count). The number of amides is 6. The van der Waals surface area contributed by atoms with Crippen LogP contribution in [0.2, 0.25) is 20.6 Å². The number of phenols is 1. The molecule has 0 spiro atoms. The zero-order valence-corrected chi connectivity index (χ0v) is 33.6. The molecule has 2 atom stereocenters. The Morgan fingerprint density at radius 2 is 1.17 bits per heavy atom. The number of carbonyl (C=O) groups excluding carboxylic acids is 4. The highest BCUT2D eigenvalue weighted by molar-refractivity contribution is 14.1. The lowest BCUT2D eigenvalue weighted by molar-refractivity contribution is -0.123. The molecule has 0 aliphatic carbocycles. The van der Waals surface area contributed by atoms with Gasteiger partial charge in [-0.1, -0.05) is 93.3 Å². The molecular weight excluding hydrogens is 869 g/mol. The van der Waals surface area contributed by atoms with Crippen LogP contribution in [-0.4, -0.2) is 74.0 Å².